The number of carbonyl (C=O) groups is 1. The molecule has 2 aliphatic heterocycles. The molecule has 0 aromatic rings. The van der Waals surface area contributed by atoms with Crippen LogP contribution in [0, 0.1) is 11.8 Å². The molecule has 3 rings (SSSR count). The van der Waals surface area contributed by atoms with Crippen LogP contribution in [0.3, 0.4) is 0 Å². The Balaban J connectivity index is 1.92. The maximum absolute atomic E-state index is 11.1. The SMILES string of the molecule is O=C(O)N1C=CC2CNC3=CC=CCC3C21. The highest BCUT2D eigenvalue weighted by Gasteiger charge is 2.43. The summed E-state index contributed by atoms with van der Waals surface area (Å²) in [6, 6.07) is 0.0787. The Kier molecular flexibility index (Phi) is 2.02. The first-order chi connectivity index (χ1) is 7.77. The molecule has 1 saturated heterocycles. The summed E-state index contributed by atoms with van der Waals surface area (Å²) in [4.78, 5) is 12.6. The maximum atomic E-state index is 11.1. The summed E-state index contributed by atoms with van der Waals surface area (Å²) in [5, 5.41) is 12.6. The molecule has 4 heteroatoms. The van der Waals surface area contributed by atoms with Gasteiger partial charge in [0.15, 0.2) is 0 Å². The standard InChI is InChI=1S/C12H14N2O2/c15-12(16)14-6-5-8-7-13-10-4-2-1-3-9(10)11(8)14/h1-2,4-6,8-9,11,13H,3,7H2,(H,15,16). The van der Waals surface area contributed by atoms with E-state index in [1.165, 1.54) is 10.6 Å². The van der Waals surface area contributed by atoms with Gasteiger partial charge in [-0.1, -0.05) is 18.2 Å². The molecule has 4 nitrogen and oxygen atoms in total. The highest BCUT2D eigenvalue weighted by Crippen LogP contribution is 2.37. The van der Waals surface area contributed by atoms with Gasteiger partial charge in [0.2, 0.25) is 0 Å². The van der Waals surface area contributed by atoms with E-state index in [-0.39, 0.29) is 12.0 Å². The van der Waals surface area contributed by atoms with Crippen molar-refractivity contribution in [1.29, 1.82) is 0 Å². The van der Waals surface area contributed by atoms with Gasteiger partial charge in [-0.2, -0.15) is 0 Å². The molecule has 1 fully saturated rings. The number of rotatable bonds is 0. The topological polar surface area (TPSA) is 52.6 Å². The van der Waals surface area contributed by atoms with E-state index in [4.69, 9.17) is 5.11 Å². The minimum atomic E-state index is -0.848. The minimum Gasteiger partial charge on any atom is -0.465 e. The fourth-order valence-corrected chi connectivity index (χ4v) is 2.89. The van der Waals surface area contributed by atoms with Crippen LogP contribution in [0.2, 0.25) is 0 Å². The van der Waals surface area contributed by atoms with Crippen molar-refractivity contribution >= 4 is 6.09 Å². The van der Waals surface area contributed by atoms with Crippen molar-refractivity contribution in [3.05, 3.63) is 36.2 Å². The molecule has 16 heavy (non-hydrogen) atoms. The first kappa shape index (κ1) is 9.51. The minimum absolute atomic E-state index is 0.0787. The fraction of sp³-hybridized carbons (Fsp3) is 0.417. The zero-order valence-electron chi connectivity index (χ0n) is 8.84. The quantitative estimate of drug-likeness (QED) is 0.648. The van der Waals surface area contributed by atoms with E-state index in [1.54, 1.807) is 6.20 Å². The molecule has 3 unspecified atom stereocenters. The van der Waals surface area contributed by atoms with Gasteiger partial charge in [-0.15, -0.1) is 0 Å². The third-order valence-electron chi connectivity index (χ3n) is 3.63. The van der Waals surface area contributed by atoms with Crippen molar-refractivity contribution in [2.24, 2.45) is 11.8 Å². The monoisotopic (exact) mass is 218 g/mol. The van der Waals surface area contributed by atoms with Crippen molar-refractivity contribution in [3.63, 3.8) is 0 Å². The number of hydrogen-bond acceptors (Lipinski definition) is 2. The van der Waals surface area contributed by atoms with Crippen LogP contribution in [0.5, 0.6) is 0 Å². The van der Waals surface area contributed by atoms with Gasteiger partial charge in [-0.05, 0) is 12.5 Å². The number of amides is 1. The van der Waals surface area contributed by atoms with E-state index in [9.17, 15) is 4.79 Å². The third-order valence-corrected chi connectivity index (χ3v) is 3.63. The molecule has 0 aromatic carbocycles. The van der Waals surface area contributed by atoms with Crippen molar-refractivity contribution in [3.8, 4) is 0 Å². The van der Waals surface area contributed by atoms with Gasteiger partial charge < -0.3 is 10.4 Å². The summed E-state index contributed by atoms with van der Waals surface area (Å²) in [5.41, 5.74) is 1.18. The Labute approximate surface area is 93.9 Å². The largest absolute Gasteiger partial charge is 0.465 e. The van der Waals surface area contributed by atoms with Crippen molar-refractivity contribution in [1.82, 2.24) is 10.2 Å². The Morgan fingerprint density at radius 1 is 1.56 bits per heavy atom. The zero-order chi connectivity index (χ0) is 11.1. The molecule has 0 aromatic heterocycles. The lowest BCUT2D eigenvalue weighted by Gasteiger charge is -2.40. The van der Waals surface area contributed by atoms with Crippen LogP contribution in [-0.4, -0.2) is 28.7 Å². The highest BCUT2D eigenvalue weighted by molar-refractivity contribution is 5.68. The van der Waals surface area contributed by atoms with Crippen molar-refractivity contribution in [2.75, 3.05) is 6.54 Å². The number of carboxylic acid groups (broad SMARTS) is 1. The number of nitrogens with one attached hydrogen (secondary N) is 1. The molecule has 2 heterocycles. The van der Waals surface area contributed by atoms with Gasteiger partial charge in [0, 0.05) is 30.3 Å². The second-order valence-electron chi connectivity index (χ2n) is 4.46. The number of hydrogen-bond donors (Lipinski definition) is 2. The van der Waals surface area contributed by atoms with Crippen LogP contribution in [0.4, 0.5) is 4.79 Å². The summed E-state index contributed by atoms with van der Waals surface area (Å²) >= 11 is 0. The van der Waals surface area contributed by atoms with Crippen LogP contribution < -0.4 is 5.32 Å². The molecule has 0 saturated carbocycles. The Bertz CT molecular complexity index is 411. The average molecular weight is 218 g/mol. The molecule has 3 aliphatic rings. The smallest absolute Gasteiger partial charge is 0.411 e. The van der Waals surface area contributed by atoms with Gasteiger partial charge >= 0.3 is 6.09 Å². The lowest BCUT2D eigenvalue weighted by atomic mass is 9.79. The predicted molar refractivity (Wildman–Crippen MR) is 59.6 cm³/mol. The summed E-state index contributed by atoms with van der Waals surface area (Å²) in [5.74, 6) is 0.597. The van der Waals surface area contributed by atoms with Crippen LogP contribution in [-0.2, 0) is 0 Å². The Morgan fingerprint density at radius 3 is 3.25 bits per heavy atom. The molecule has 84 valence electrons. The lowest BCUT2D eigenvalue weighted by molar-refractivity contribution is 0.123. The normalized spacial score (nSPS) is 35.1. The zero-order valence-corrected chi connectivity index (χ0v) is 8.84. The summed E-state index contributed by atoms with van der Waals surface area (Å²) in [7, 11) is 0. The molecule has 2 N–H and O–H groups in total. The maximum Gasteiger partial charge on any atom is 0.411 e. The summed E-state index contributed by atoms with van der Waals surface area (Å²) < 4.78 is 0. The van der Waals surface area contributed by atoms with Gasteiger partial charge in [0.25, 0.3) is 0 Å². The molecule has 3 atom stereocenters. The van der Waals surface area contributed by atoms with Crippen LogP contribution in [0.15, 0.2) is 36.2 Å². The molecular formula is C12H14N2O2. The second kappa shape index (κ2) is 3.40. The first-order valence-electron chi connectivity index (χ1n) is 5.57. The number of piperidine rings is 1. The number of nitrogens with zero attached hydrogens (tertiary/aromatic N) is 1. The van der Waals surface area contributed by atoms with E-state index < -0.39 is 6.09 Å². The van der Waals surface area contributed by atoms with Crippen LogP contribution in [0.25, 0.3) is 0 Å². The van der Waals surface area contributed by atoms with E-state index in [1.807, 2.05) is 12.2 Å². The van der Waals surface area contributed by atoms with Gasteiger partial charge in [0.1, 0.15) is 0 Å². The first-order valence-corrected chi connectivity index (χ1v) is 5.57. The van der Waals surface area contributed by atoms with Gasteiger partial charge in [-0.3, -0.25) is 4.90 Å². The van der Waals surface area contributed by atoms with E-state index in [0.29, 0.717) is 5.92 Å². The van der Waals surface area contributed by atoms with Crippen LogP contribution in [0.1, 0.15) is 6.42 Å². The van der Waals surface area contributed by atoms with Gasteiger partial charge in [0.05, 0.1) is 6.04 Å². The highest BCUT2D eigenvalue weighted by atomic mass is 16.4. The number of fused-ring (bicyclic) bond motifs is 3. The molecule has 0 radical (unpaired) electrons. The molecule has 0 bridgehead atoms. The molecule has 0 spiro atoms. The predicted octanol–water partition coefficient (Wildman–Crippen LogP) is 1.54. The second-order valence-corrected chi connectivity index (χ2v) is 4.46. The van der Waals surface area contributed by atoms with Crippen LogP contribution >= 0.6 is 0 Å². The van der Waals surface area contributed by atoms with Crippen molar-refractivity contribution < 1.29 is 9.90 Å². The summed E-state index contributed by atoms with van der Waals surface area (Å²) in [6.07, 6.45) is 9.98. The fourth-order valence-electron chi connectivity index (χ4n) is 2.89. The lowest BCUT2D eigenvalue weighted by Crippen LogP contribution is -2.50. The summed E-state index contributed by atoms with van der Waals surface area (Å²) in [6.45, 7) is 0.834. The van der Waals surface area contributed by atoms with E-state index >= 15 is 0 Å². The van der Waals surface area contributed by atoms with E-state index in [2.05, 4.69) is 17.5 Å². The van der Waals surface area contributed by atoms with E-state index in [0.717, 1.165) is 13.0 Å². The Morgan fingerprint density at radius 2 is 2.44 bits per heavy atom. The Hall–Kier alpha value is -1.71. The third kappa shape index (κ3) is 1.26. The van der Waals surface area contributed by atoms with Crippen molar-refractivity contribution in [2.45, 2.75) is 12.5 Å². The average Bonchev–Trinajstić information content (AvgIpc) is 2.73. The molecule has 1 amide bonds. The molecule has 1 aliphatic carbocycles. The van der Waals surface area contributed by atoms with Gasteiger partial charge in [-0.25, -0.2) is 4.79 Å². The molecular weight excluding hydrogens is 204 g/mol. The number of allylic oxidation sites excluding steroid dienone is 3.